The number of rotatable bonds is 12. The Balaban J connectivity index is 1.59. The van der Waals surface area contributed by atoms with Gasteiger partial charge in [0.1, 0.15) is 24.4 Å². The molecular weight excluding hydrogens is 478 g/mol. The molecule has 1 saturated heterocycles. The van der Waals surface area contributed by atoms with E-state index in [1.165, 1.54) is 13.2 Å². The van der Waals surface area contributed by atoms with Gasteiger partial charge < -0.3 is 28.8 Å². The van der Waals surface area contributed by atoms with Gasteiger partial charge in [0.15, 0.2) is 6.29 Å². The molecule has 0 aliphatic carbocycles. The number of hydrogen-bond acceptors (Lipinski definition) is 8. The Hall–Kier alpha value is -3.18. The second kappa shape index (κ2) is 13.4. The van der Waals surface area contributed by atoms with E-state index in [0.29, 0.717) is 5.56 Å². The van der Waals surface area contributed by atoms with Gasteiger partial charge in [0.2, 0.25) is 0 Å². The minimum atomic E-state index is -0.826. The minimum absolute atomic E-state index is 0.0480. The first kappa shape index (κ1) is 26.9. The summed E-state index contributed by atoms with van der Waals surface area (Å²) >= 11 is 0. The molecule has 1 fully saturated rings. The molecule has 0 amide bonds. The average molecular weight is 510 g/mol. The van der Waals surface area contributed by atoms with E-state index in [9.17, 15) is 15.2 Å². The Morgan fingerprint density at radius 1 is 0.784 bits per heavy atom. The summed E-state index contributed by atoms with van der Waals surface area (Å²) in [6.45, 7) is 0.102. The Bertz CT molecular complexity index is 1110. The normalized spacial score (nSPS) is 23.6. The maximum atomic E-state index is 11.5. The van der Waals surface area contributed by atoms with Gasteiger partial charge in [0.05, 0.1) is 36.9 Å². The van der Waals surface area contributed by atoms with Gasteiger partial charge in [-0.15, -0.1) is 0 Å². The third-order valence-electron chi connectivity index (χ3n) is 6.19. The van der Waals surface area contributed by atoms with Crippen LogP contribution in [0.15, 0.2) is 84.9 Å². The molecule has 3 aromatic rings. The summed E-state index contributed by atoms with van der Waals surface area (Å²) in [6, 6.07) is 25.7. The van der Waals surface area contributed by atoms with Crippen LogP contribution in [-0.4, -0.2) is 54.5 Å². The van der Waals surface area contributed by atoms with E-state index in [-0.39, 0.29) is 32.1 Å². The lowest BCUT2D eigenvalue weighted by Crippen LogP contribution is -2.61. The lowest BCUT2D eigenvalue weighted by atomic mass is 9.98. The molecule has 0 saturated carbocycles. The van der Waals surface area contributed by atoms with Crippen molar-refractivity contribution in [1.82, 2.24) is 0 Å². The Morgan fingerprint density at radius 2 is 1.32 bits per heavy atom. The molecular formula is C28H31NO8. The van der Waals surface area contributed by atoms with E-state index in [0.717, 1.165) is 11.1 Å². The fraction of sp³-hybridized carbons (Fsp3) is 0.357. The van der Waals surface area contributed by atoms with Crippen LogP contribution in [0.3, 0.4) is 0 Å². The number of ether oxygens (including phenoxy) is 5. The first-order valence-electron chi connectivity index (χ1n) is 12.0. The summed E-state index contributed by atoms with van der Waals surface area (Å²) < 4.78 is 30.4. The molecule has 1 heterocycles. The maximum Gasteiger partial charge on any atom is 0.274 e. The Morgan fingerprint density at radius 3 is 1.89 bits per heavy atom. The zero-order valence-electron chi connectivity index (χ0n) is 20.6. The number of methoxy groups -OCH3 is 1. The van der Waals surface area contributed by atoms with Crippen LogP contribution in [0.25, 0.3) is 0 Å². The highest BCUT2D eigenvalue weighted by molar-refractivity contribution is 5.39. The predicted molar refractivity (Wildman–Crippen MR) is 134 cm³/mol. The van der Waals surface area contributed by atoms with Crippen LogP contribution in [0.1, 0.15) is 16.7 Å². The van der Waals surface area contributed by atoms with Crippen LogP contribution in [0, 0.1) is 10.1 Å². The lowest BCUT2D eigenvalue weighted by Gasteiger charge is -2.45. The summed E-state index contributed by atoms with van der Waals surface area (Å²) in [5.74, 6) is 0. The number of nitro groups is 1. The van der Waals surface area contributed by atoms with E-state index in [1.54, 1.807) is 18.2 Å². The number of para-hydroxylation sites is 1. The van der Waals surface area contributed by atoms with E-state index < -0.39 is 35.6 Å². The molecule has 37 heavy (non-hydrogen) atoms. The fourth-order valence-electron chi connectivity index (χ4n) is 4.31. The second-order valence-electron chi connectivity index (χ2n) is 8.65. The summed E-state index contributed by atoms with van der Waals surface area (Å²) in [4.78, 5) is 11.0. The molecule has 0 unspecified atom stereocenters. The molecule has 9 nitrogen and oxygen atoms in total. The topological polar surface area (TPSA) is 110 Å². The van der Waals surface area contributed by atoms with Gasteiger partial charge in [-0.25, -0.2) is 0 Å². The first-order chi connectivity index (χ1) is 18.1. The van der Waals surface area contributed by atoms with Gasteiger partial charge in [-0.05, 0) is 17.2 Å². The monoisotopic (exact) mass is 509 g/mol. The van der Waals surface area contributed by atoms with Crippen LogP contribution in [0.4, 0.5) is 5.69 Å². The van der Waals surface area contributed by atoms with Gasteiger partial charge in [-0.3, -0.25) is 10.1 Å². The van der Waals surface area contributed by atoms with Crippen molar-refractivity contribution in [3.05, 3.63) is 112 Å². The van der Waals surface area contributed by atoms with Crippen molar-refractivity contribution in [2.75, 3.05) is 13.7 Å². The van der Waals surface area contributed by atoms with Crippen LogP contribution < -0.4 is 0 Å². The SMILES string of the molecule is CO[C@H]1O[C@H](CO)[C@@H](OCc2ccccc2[N+](=O)[O-])[C@H](OCc2ccccc2)[C@@H]1OCc1ccccc1. The van der Waals surface area contributed by atoms with Gasteiger partial charge >= 0.3 is 0 Å². The standard InChI is InChI=1S/C28H31NO8/c1-33-28-27(35-18-21-12-6-3-7-13-21)26(34-17-20-10-4-2-5-11-20)25(24(16-30)37-28)36-19-22-14-8-9-15-23(22)29(31)32/h2-15,24-28,30H,16-19H2,1H3/t24-,25-,26+,27+,28+/m1/s1. The van der Waals surface area contributed by atoms with Crippen molar-refractivity contribution < 1.29 is 33.7 Å². The van der Waals surface area contributed by atoms with Crippen LogP contribution in [0.5, 0.6) is 0 Å². The average Bonchev–Trinajstić information content (AvgIpc) is 2.94. The van der Waals surface area contributed by atoms with E-state index >= 15 is 0 Å². The summed E-state index contributed by atoms with van der Waals surface area (Å²) in [7, 11) is 1.50. The lowest BCUT2D eigenvalue weighted by molar-refractivity contribution is -0.386. The van der Waals surface area contributed by atoms with E-state index in [2.05, 4.69) is 0 Å². The van der Waals surface area contributed by atoms with Gasteiger partial charge in [0, 0.05) is 13.2 Å². The molecule has 196 valence electrons. The smallest absolute Gasteiger partial charge is 0.274 e. The quantitative estimate of drug-likeness (QED) is 0.288. The molecule has 0 spiro atoms. The van der Waals surface area contributed by atoms with Crippen LogP contribution >= 0.6 is 0 Å². The fourth-order valence-corrected chi connectivity index (χ4v) is 4.31. The highest BCUT2D eigenvalue weighted by Gasteiger charge is 2.48. The van der Waals surface area contributed by atoms with Crippen LogP contribution in [0.2, 0.25) is 0 Å². The Kier molecular flexibility index (Phi) is 9.72. The predicted octanol–water partition coefficient (Wildman–Crippen LogP) is 4.01. The molecule has 0 radical (unpaired) electrons. The Labute approximate surface area is 215 Å². The number of aliphatic hydroxyl groups is 1. The first-order valence-corrected chi connectivity index (χ1v) is 12.0. The third-order valence-corrected chi connectivity index (χ3v) is 6.19. The molecule has 0 bridgehead atoms. The van der Waals surface area contributed by atoms with Crippen molar-refractivity contribution in [1.29, 1.82) is 0 Å². The number of nitro benzene ring substituents is 1. The highest BCUT2D eigenvalue weighted by atomic mass is 16.7. The molecule has 3 aromatic carbocycles. The minimum Gasteiger partial charge on any atom is -0.394 e. The molecule has 0 aromatic heterocycles. The highest BCUT2D eigenvalue weighted by Crippen LogP contribution is 2.31. The van der Waals surface area contributed by atoms with Gasteiger partial charge in [-0.1, -0.05) is 72.8 Å². The van der Waals surface area contributed by atoms with Gasteiger partial charge in [0.25, 0.3) is 5.69 Å². The zero-order chi connectivity index (χ0) is 26.0. The molecule has 1 aliphatic rings. The molecule has 1 N–H and O–H groups in total. The number of benzene rings is 3. The molecule has 1 aliphatic heterocycles. The largest absolute Gasteiger partial charge is 0.394 e. The van der Waals surface area contributed by atoms with Crippen molar-refractivity contribution in [2.45, 2.75) is 50.5 Å². The molecule has 4 rings (SSSR count). The van der Waals surface area contributed by atoms with Gasteiger partial charge in [-0.2, -0.15) is 0 Å². The van der Waals surface area contributed by atoms with E-state index in [1.807, 2.05) is 60.7 Å². The molecule has 9 heteroatoms. The van der Waals surface area contributed by atoms with Crippen molar-refractivity contribution >= 4 is 5.69 Å². The van der Waals surface area contributed by atoms with Crippen molar-refractivity contribution in [3.63, 3.8) is 0 Å². The van der Waals surface area contributed by atoms with E-state index in [4.69, 9.17) is 23.7 Å². The number of hydrogen-bond donors (Lipinski definition) is 1. The van der Waals surface area contributed by atoms with Crippen LogP contribution in [-0.2, 0) is 43.5 Å². The summed E-state index contributed by atoms with van der Waals surface area (Å²) in [6.07, 6.45) is -3.83. The summed E-state index contributed by atoms with van der Waals surface area (Å²) in [5.41, 5.74) is 2.26. The summed E-state index contributed by atoms with van der Waals surface area (Å²) in [5, 5.41) is 21.6. The van der Waals surface area contributed by atoms with Crippen molar-refractivity contribution in [3.8, 4) is 0 Å². The van der Waals surface area contributed by atoms with Crippen molar-refractivity contribution in [2.24, 2.45) is 0 Å². The second-order valence-corrected chi connectivity index (χ2v) is 8.65. The molecule has 5 atom stereocenters. The zero-order valence-corrected chi connectivity index (χ0v) is 20.6. The third kappa shape index (κ3) is 6.98. The maximum absolute atomic E-state index is 11.5. The number of aliphatic hydroxyl groups excluding tert-OH is 1. The number of nitrogens with zero attached hydrogens (tertiary/aromatic N) is 1.